The van der Waals surface area contributed by atoms with Crippen molar-refractivity contribution >= 4 is 45.6 Å². The summed E-state index contributed by atoms with van der Waals surface area (Å²) in [5.74, 6) is 0.820. The monoisotopic (exact) mass is 464 g/mol. The number of guanidine groups is 1. The van der Waals surface area contributed by atoms with E-state index in [1.54, 1.807) is 0 Å². The second-order valence-corrected chi connectivity index (χ2v) is 8.15. The first kappa shape index (κ1) is 19.3. The Kier molecular flexibility index (Phi) is 6.73. The number of likely N-dealkylation sites (tertiary alicyclic amines) is 1. The smallest absolute Gasteiger partial charge is 0.235 e. The molecule has 0 amide bonds. The van der Waals surface area contributed by atoms with Gasteiger partial charge < -0.3 is 10.6 Å². The van der Waals surface area contributed by atoms with Crippen molar-refractivity contribution in [2.75, 3.05) is 29.7 Å². The van der Waals surface area contributed by atoms with Gasteiger partial charge in [-0.25, -0.2) is 13.4 Å². The number of sulfonamides is 1. The lowest BCUT2D eigenvalue weighted by atomic mass is 10.1. The quantitative estimate of drug-likeness (QED) is 0.423. The molecule has 2 heterocycles. The van der Waals surface area contributed by atoms with Gasteiger partial charge in [0.05, 0.1) is 18.0 Å². The van der Waals surface area contributed by atoms with Gasteiger partial charge in [0.25, 0.3) is 0 Å². The molecule has 6 nitrogen and oxygen atoms in total. The predicted molar refractivity (Wildman–Crippen MR) is 108 cm³/mol. The van der Waals surface area contributed by atoms with Gasteiger partial charge in [-0.3, -0.25) is 4.31 Å². The Morgan fingerprint density at radius 1 is 1.12 bits per heavy atom. The van der Waals surface area contributed by atoms with Gasteiger partial charge in [0.1, 0.15) is 0 Å². The highest BCUT2D eigenvalue weighted by atomic mass is 127. The second-order valence-electron chi connectivity index (χ2n) is 6.13. The van der Waals surface area contributed by atoms with Crippen LogP contribution in [0.25, 0.3) is 0 Å². The predicted octanol–water partition coefficient (Wildman–Crippen LogP) is 2.15. The third-order valence-electron chi connectivity index (χ3n) is 4.40. The van der Waals surface area contributed by atoms with E-state index in [-0.39, 0.29) is 29.7 Å². The maximum absolute atomic E-state index is 12.0. The summed E-state index contributed by atoms with van der Waals surface area (Å²) in [6, 6.07) is 7.57. The average Bonchev–Trinajstić information content (AvgIpc) is 2.93. The molecule has 0 saturated carbocycles. The van der Waals surface area contributed by atoms with Crippen molar-refractivity contribution < 1.29 is 8.42 Å². The molecule has 1 aromatic carbocycles. The lowest BCUT2D eigenvalue weighted by Gasteiger charge is -2.27. The molecule has 0 radical (unpaired) electrons. The first-order valence-corrected chi connectivity index (χ1v) is 9.81. The van der Waals surface area contributed by atoms with Crippen LogP contribution in [0.5, 0.6) is 0 Å². The van der Waals surface area contributed by atoms with E-state index in [9.17, 15) is 8.42 Å². The third-order valence-corrected chi connectivity index (χ3v) is 6.27. The van der Waals surface area contributed by atoms with Crippen LogP contribution in [0.4, 0.5) is 5.69 Å². The number of hydrogen-bond donors (Lipinski definition) is 1. The summed E-state index contributed by atoms with van der Waals surface area (Å²) >= 11 is 0. The van der Waals surface area contributed by atoms with Crippen molar-refractivity contribution in [3.05, 3.63) is 29.8 Å². The molecule has 2 aliphatic heterocycles. The summed E-state index contributed by atoms with van der Waals surface area (Å²) in [5, 5.41) is 0. The van der Waals surface area contributed by atoms with Gasteiger partial charge in [-0.2, -0.15) is 0 Å². The van der Waals surface area contributed by atoms with Crippen LogP contribution in [-0.4, -0.2) is 44.7 Å². The number of nitrogens with zero attached hydrogens (tertiary/aromatic N) is 3. The van der Waals surface area contributed by atoms with Crippen LogP contribution in [0.1, 0.15) is 31.2 Å². The van der Waals surface area contributed by atoms with Gasteiger partial charge in [0.15, 0.2) is 5.96 Å². The van der Waals surface area contributed by atoms with Crippen LogP contribution in [0.3, 0.4) is 0 Å². The summed E-state index contributed by atoms with van der Waals surface area (Å²) in [5.41, 5.74) is 7.77. The zero-order chi connectivity index (χ0) is 16.3. The Labute approximate surface area is 161 Å². The van der Waals surface area contributed by atoms with E-state index >= 15 is 0 Å². The van der Waals surface area contributed by atoms with Crippen LogP contribution in [-0.2, 0) is 16.6 Å². The van der Waals surface area contributed by atoms with Gasteiger partial charge in [-0.05, 0) is 43.4 Å². The molecule has 134 valence electrons. The highest BCUT2D eigenvalue weighted by Crippen LogP contribution is 2.25. The van der Waals surface area contributed by atoms with Gasteiger partial charge in [-0.15, -0.1) is 24.0 Å². The van der Waals surface area contributed by atoms with E-state index in [0.29, 0.717) is 25.5 Å². The summed E-state index contributed by atoms with van der Waals surface area (Å²) < 4.78 is 25.5. The Morgan fingerprint density at radius 3 is 2.54 bits per heavy atom. The van der Waals surface area contributed by atoms with E-state index in [4.69, 9.17) is 5.73 Å². The minimum Gasteiger partial charge on any atom is -0.370 e. The molecule has 24 heavy (non-hydrogen) atoms. The van der Waals surface area contributed by atoms with E-state index in [1.165, 1.54) is 23.6 Å². The van der Waals surface area contributed by atoms with Crippen LogP contribution in [0, 0.1) is 0 Å². The summed E-state index contributed by atoms with van der Waals surface area (Å²) in [6.07, 6.45) is 4.28. The van der Waals surface area contributed by atoms with E-state index in [1.807, 2.05) is 24.3 Å². The zero-order valence-corrected chi connectivity index (χ0v) is 16.9. The Morgan fingerprint density at radius 2 is 1.88 bits per heavy atom. The highest BCUT2D eigenvalue weighted by Gasteiger charge is 2.28. The van der Waals surface area contributed by atoms with Gasteiger partial charge in [0.2, 0.25) is 10.0 Å². The van der Waals surface area contributed by atoms with E-state index < -0.39 is 10.0 Å². The molecule has 2 aliphatic rings. The number of anilines is 1. The van der Waals surface area contributed by atoms with E-state index in [0.717, 1.165) is 24.3 Å². The second kappa shape index (κ2) is 8.37. The molecule has 0 bridgehead atoms. The van der Waals surface area contributed by atoms with Crippen LogP contribution in [0.2, 0.25) is 0 Å². The minimum absolute atomic E-state index is 0. The molecule has 2 N–H and O–H groups in total. The lowest BCUT2D eigenvalue weighted by Crippen LogP contribution is -2.40. The Bertz CT molecular complexity index is 687. The van der Waals surface area contributed by atoms with Crippen LogP contribution < -0.4 is 10.0 Å². The van der Waals surface area contributed by atoms with Gasteiger partial charge >= 0.3 is 0 Å². The third kappa shape index (κ3) is 4.53. The molecular formula is C16H25IN4O2S. The summed E-state index contributed by atoms with van der Waals surface area (Å²) in [6.45, 7) is 2.98. The number of hydrogen-bond acceptors (Lipinski definition) is 3. The average molecular weight is 464 g/mol. The molecular weight excluding hydrogens is 439 g/mol. The molecule has 3 rings (SSSR count). The molecule has 0 aliphatic carbocycles. The fourth-order valence-electron chi connectivity index (χ4n) is 3.13. The largest absolute Gasteiger partial charge is 0.370 e. The summed E-state index contributed by atoms with van der Waals surface area (Å²) in [4.78, 5) is 6.60. The van der Waals surface area contributed by atoms with Crippen molar-refractivity contribution in [3.8, 4) is 0 Å². The standard InChI is InChI=1S/C16H24N4O2S.HI/c17-16(19-8-2-1-3-9-19)18-13-14-6-4-7-15(12-14)20-10-5-11-23(20,21)22;/h4,6-7,12H,1-3,5,8-11,13H2,(H2,17,18);1H. The minimum atomic E-state index is -3.14. The highest BCUT2D eigenvalue weighted by molar-refractivity contribution is 14.0. The first-order valence-electron chi connectivity index (χ1n) is 8.20. The molecule has 0 atom stereocenters. The van der Waals surface area contributed by atoms with Crippen molar-refractivity contribution in [3.63, 3.8) is 0 Å². The number of aliphatic imine (C=N–C) groups is 1. The number of rotatable bonds is 3. The molecule has 2 saturated heterocycles. The molecule has 2 fully saturated rings. The molecule has 8 heteroatoms. The topological polar surface area (TPSA) is 79.0 Å². The normalized spacial score (nSPS) is 20.8. The van der Waals surface area contributed by atoms with Crippen molar-refractivity contribution in [2.24, 2.45) is 10.7 Å². The Balaban J connectivity index is 0.00000208. The molecule has 0 unspecified atom stereocenters. The lowest BCUT2D eigenvalue weighted by molar-refractivity contribution is 0.338. The number of piperidine rings is 1. The number of halogens is 1. The summed E-state index contributed by atoms with van der Waals surface area (Å²) in [7, 11) is -3.14. The Hall–Kier alpha value is -1.03. The first-order chi connectivity index (χ1) is 11.1. The van der Waals surface area contributed by atoms with Crippen LogP contribution >= 0.6 is 24.0 Å². The van der Waals surface area contributed by atoms with Crippen LogP contribution in [0.15, 0.2) is 29.3 Å². The molecule has 1 aromatic rings. The number of benzene rings is 1. The van der Waals surface area contributed by atoms with E-state index in [2.05, 4.69) is 9.89 Å². The van der Waals surface area contributed by atoms with Crippen molar-refractivity contribution in [2.45, 2.75) is 32.2 Å². The van der Waals surface area contributed by atoms with Crippen molar-refractivity contribution in [1.82, 2.24) is 4.90 Å². The molecule has 0 spiro atoms. The fraction of sp³-hybridized carbons (Fsp3) is 0.562. The maximum Gasteiger partial charge on any atom is 0.235 e. The maximum atomic E-state index is 12.0. The number of nitrogens with two attached hydrogens (primary N) is 1. The van der Waals surface area contributed by atoms with Crippen molar-refractivity contribution in [1.29, 1.82) is 0 Å². The van der Waals surface area contributed by atoms with Gasteiger partial charge in [-0.1, -0.05) is 12.1 Å². The molecule has 0 aromatic heterocycles. The SMILES string of the molecule is I.NC(=NCc1cccc(N2CCCS2(=O)=O)c1)N1CCCCC1. The van der Waals surface area contributed by atoms with Gasteiger partial charge in [0, 0.05) is 19.6 Å². The zero-order valence-electron chi connectivity index (χ0n) is 13.7. The fourth-order valence-corrected chi connectivity index (χ4v) is 4.69.